The van der Waals surface area contributed by atoms with E-state index < -0.39 is 12.0 Å². The standard InChI is InChI=1S/C16H18N4O4/c1-9-13(15(21)24-4)14(20-16(19-9)17-8-18-20)11-7-10(22-2)5-6-12(11)23-3/h5-8,14H,1-4H3,(H,17,18,19)/t14-/m0/s1. The summed E-state index contributed by atoms with van der Waals surface area (Å²) in [5, 5.41) is 7.32. The highest BCUT2D eigenvalue weighted by Crippen LogP contribution is 2.40. The van der Waals surface area contributed by atoms with Gasteiger partial charge in [-0.05, 0) is 25.1 Å². The highest BCUT2D eigenvalue weighted by atomic mass is 16.5. The molecule has 1 aromatic carbocycles. The molecule has 0 fully saturated rings. The molecule has 8 heteroatoms. The number of anilines is 1. The van der Waals surface area contributed by atoms with Crippen LogP contribution >= 0.6 is 0 Å². The van der Waals surface area contributed by atoms with Crippen molar-refractivity contribution in [2.45, 2.75) is 13.0 Å². The molecule has 2 heterocycles. The van der Waals surface area contributed by atoms with Crippen molar-refractivity contribution in [3.05, 3.63) is 41.4 Å². The fraction of sp³-hybridized carbons (Fsp3) is 0.312. The number of methoxy groups -OCH3 is 3. The van der Waals surface area contributed by atoms with Gasteiger partial charge in [0, 0.05) is 11.3 Å². The minimum atomic E-state index is -0.541. The van der Waals surface area contributed by atoms with Gasteiger partial charge in [-0.2, -0.15) is 10.1 Å². The average Bonchev–Trinajstić information content (AvgIpc) is 3.07. The maximum absolute atomic E-state index is 12.4. The third kappa shape index (κ3) is 2.45. The van der Waals surface area contributed by atoms with E-state index in [9.17, 15) is 4.79 Å². The molecule has 1 aliphatic rings. The van der Waals surface area contributed by atoms with Crippen molar-refractivity contribution in [3.63, 3.8) is 0 Å². The monoisotopic (exact) mass is 330 g/mol. The van der Waals surface area contributed by atoms with Crippen molar-refractivity contribution in [2.24, 2.45) is 0 Å². The van der Waals surface area contributed by atoms with Crippen LogP contribution in [0.2, 0.25) is 0 Å². The lowest BCUT2D eigenvalue weighted by Gasteiger charge is -2.29. The fourth-order valence-electron chi connectivity index (χ4n) is 2.81. The number of carbonyl (C=O) groups excluding carboxylic acids is 1. The molecule has 0 unspecified atom stereocenters. The van der Waals surface area contributed by atoms with Gasteiger partial charge in [0.2, 0.25) is 5.95 Å². The van der Waals surface area contributed by atoms with Crippen LogP contribution in [-0.2, 0) is 9.53 Å². The first-order valence-electron chi connectivity index (χ1n) is 7.28. The first kappa shape index (κ1) is 15.9. The normalized spacial score (nSPS) is 16.2. The number of fused-ring (bicyclic) bond motifs is 1. The van der Waals surface area contributed by atoms with Gasteiger partial charge >= 0.3 is 5.97 Å². The third-order valence-electron chi connectivity index (χ3n) is 3.93. The minimum absolute atomic E-state index is 0.432. The van der Waals surface area contributed by atoms with Crippen LogP contribution in [0.3, 0.4) is 0 Å². The summed E-state index contributed by atoms with van der Waals surface area (Å²) in [5.74, 6) is 1.34. The van der Waals surface area contributed by atoms with Crippen LogP contribution in [0.25, 0.3) is 0 Å². The number of nitrogens with one attached hydrogen (secondary N) is 1. The van der Waals surface area contributed by atoms with Crippen LogP contribution in [0.4, 0.5) is 5.95 Å². The second kappa shape index (κ2) is 6.23. The third-order valence-corrected chi connectivity index (χ3v) is 3.93. The van der Waals surface area contributed by atoms with E-state index in [4.69, 9.17) is 14.2 Å². The molecule has 1 N–H and O–H groups in total. The highest BCUT2D eigenvalue weighted by Gasteiger charge is 2.35. The molecule has 1 aliphatic heterocycles. The van der Waals surface area contributed by atoms with Crippen molar-refractivity contribution in [1.29, 1.82) is 0 Å². The van der Waals surface area contributed by atoms with Crippen LogP contribution < -0.4 is 14.8 Å². The predicted octanol–water partition coefficient (Wildman–Crippen LogP) is 1.76. The van der Waals surface area contributed by atoms with E-state index in [0.29, 0.717) is 28.7 Å². The number of benzene rings is 1. The lowest BCUT2D eigenvalue weighted by molar-refractivity contribution is -0.136. The summed E-state index contributed by atoms with van der Waals surface area (Å²) < 4.78 is 17.4. The first-order valence-corrected chi connectivity index (χ1v) is 7.28. The second-order valence-corrected chi connectivity index (χ2v) is 5.19. The average molecular weight is 330 g/mol. The van der Waals surface area contributed by atoms with Gasteiger partial charge in [0.25, 0.3) is 0 Å². The second-order valence-electron chi connectivity index (χ2n) is 5.19. The van der Waals surface area contributed by atoms with Crippen molar-refractivity contribution in [2.75, 3.05) is 26.6 Å². The predicted molar refractivity (Wildman–Crippen MR) is 86.0 cm³/mol. The van der Waals surface area contributed by atoms with Crippen molar-refractivity contribution in [3.8, 4) is 11.5 Å². The molecule has 8 nitrogen and oxygen atoms in total. The lowest BCUT2D eigenvalue weighted by Crippen LogP contribution is -2.29. The molecule has 0 bridgehead atoms. The first-order chi connectivity index (χ1) is 11.6. The molecular weight excluding hydrogens is 312 g/mol. The van der Waals surface area contributed by atoms with E-state index in [1.807, 2.05) is 6.07 Å². The smallest absolute Gasteiger partial charge is 0.338 e. The zero-order valence-electron chi connectivity index (χ0n) is 13.9. The molecule has 0 saturated carbocycles. The van der Waals surface area contributed by atoms with Crippen molar-refractivity contribution >= 4 is 11.9 Å². The zero-order valence-corrected chi connectivity index (χ0v) is 13.9. The summed E-state index contributed by atoms with van der Waals surface area (Å²) in [6.07, 6.45) is 1.43. The van der Waals surface area contributed by atoms with Gasteiger partial charge in [-0.25, -0.2) is 9.48 Å². The van der Waals surface area contributed by atoms with E-state index in [1.54, 1.807) is 38.0 Å². The summed E-state index contributed by atoms with van der Waals surface area (Å²) in [5.41, 5.74) is 1.81. The Balaban J connectivity index is 2.25. The molecule has 1 aromatic heterocycles. The van der Waals surface area contributed by atoms with Crippen LogP contribution in [0.5, 0.6) is 11.5 Å². The molecule has 0 spiro atoms. The maximum Gasteiger partial charge on any atom is 0.338 e. The molecule has 0 radical (unpaired) electrons. The Morgan fingerprint density at radius 2 is 2.04 bits per heavy atom. The van der Waals surface area contributed by atoms with Crippen molar-refractivity contribution < 1.29 is 19.0 Å². The lowest BCUT2D eigenvalue weighted by atomic mass is 9.94. The van der Waals surface area contributed by atoms with E-state index in [2.05, 4.69) is 15.4 Å². The molecule has 126 valence electrons. The number of carbonyl (C=O) groups is 1. The molecule has 3 rings (SSSR count). The zero-order chi connectivity index (χ0) is 17.3. The van der Waals surface area contributed by atoms with Gasteiger partial charge in [0.15, 0.2) is 0 Å². The van der Waals surface area contributed by atoms with Gasteiger partial charge in [-0.3, -0.25) is 0 Å². The van der Waals surface area contributed by atoms with Gasteiger partial charge in [0.1, 0.15) is 23.9 Å². The number of hydrogen-bond acceptors (Lipinski definition) is 7. The quantitative estimate of drug-likeness (QED) is 0.855. The molecular formula is C16H18N4O4. The number of hydrogen-bond donors (Lipinski definition) is 1. The number of ether oxygens (including phenoxy) is 3. The Bertz CT molecular complexity index is 812. The van der Waals surface area contributed by atoms with E-state index in [1.165, 1.54) is 13.4 Å². The van der Waals surface area contributed by atoms with Crippen LogP contribution in [0, 0.1) is 0 Å². The van der Waals surface area contributed by atoms with E-state index >= 15 is 0 Å². The maximum atomic E-state index is 12.4. The van der Waals surface area contributed by atoms with E-state index in [-0.39, 0.29) is 0 Å². The van der Waals surface area contributed by atoms with Crippen LogP contribution in [0.1, 0.15) is 18.5 Å². The van der Waals surface area contributed by atoms with Gasteiger partial charge in [-0.1, -0.05) is 0 Å². The summed E-state index contributed by atoms with van der Waals surface area (Å²) in [6, 6.07) is 4.86. The summed E-state index contributed by atoms with van der Waals surface area (Å²) in [7, 11) is 4.50. The molecule has 1 atom stereocenters. The van der Waals surface area contributed by atoms with Crippen molar-refractivity contribution in [1.82, 2.24) is 14.8 Å². The number of aromatic nitrogens is 3. The highest BCUT2D eigenvalue weighted by molar-refractivity contribution is 5.92. The number of allylic oxidation sites excluding steroid dienone is 1. The molecule has 2 aromatic rings. The molecule has 0 aliphatic carbocycles. The Labute approximate surface area is 139 Å². The molecule has 0 saturated heterocycles. The Kier molecular flexibility index (Phi) is 4.11. The Morgan fingerprint density at radius 3 is 2.71 bits per heavy atom. The molecule has 24 heavy (non-hydrogen) atoms. The van der Waals surface area contributed by atoms with Gasteiger partial charge < -0.3 is 19.5 Å². The van der Waals surface area contributed by atoms with Crippen LogP contribution in [0.15, 0.2) is 35.8 Å². The SMILES string of the molecule is COC(=O)C1=C(C)Nc2ncnn2[C@H]1c1cc(OC)ccc1OC. The number of esters is 1. The fourth-order valence-corrected chi connectivity index (χ4v) is 2.81. The largest absolute Gasteiger partial charge is 0.497 e. The summed E-state index contributed by atoms with van der Waals surface area (Å²) >= 11 is 0. The Morgan fingerprint density at radius 1 is 1.25 bits per heavy atom. The Hall–Kier alpha value is -3.03. The van der Waals surface area contributed by atoms with E-state index in [0.717, 1.165) is 5.56 Å². The van der Waals surface area contributed by atoms with Gasteiger partial charge in [-0.15, -0.1) is 0 Å². The minimum Gasteiger partial charge on any atom is -0.497 e. The van der Waals surface area contributed by atoms with Gasteiger partial charge in [0.05, 0.1) is 26.9 Å². The number of rotatable bonds is 4. The topological polar surface area (TPSA) is 87.5 Å². The van der Waals surface area contributed by atoms with Crippen LogP contribution in [-0.4, -0.2) is 42.1 Å². The number of nitrogens with zero attached hydrogens (tertiary/aromatic N) is 3. The summed E-state index contributed by atoms with van der Waals surface area (Å²) in [6.45, 7) is 1.80. The summed E-state index contributed by atoms with van der Waals surface area (Å²) in [4.78, 5) is 16.6. The molecule has 0 amide bonds.